The zero-order chi connectivity index (χ0) is 19.2. The number of methoxy groups -OCH3 is 1. The van der Waals surface area contributed by atoms with Gasteiger partial charge in [0.25, 0.3) is 0 Å². The second-order valence-corrected chi connectivity index (χ2v) is 7.60. The van der Waals surface area contributed by atoms with E-state index in [0.717, 1.165) is 25.7 Å². The number of benzene rings is 1. The lowest BCUT2D eigenvalue weighted by molar-refractivity contribution is -0.129. The molecule has 27 heavy (non-hydrogen) atoms. The van der Waals surface area contributed by atoms with Crippen LogP contribution in [0.1, 0.15) is 61.7 Å². The molecule has 2 N–H and O–H groups in total. The molecule has 0 aromatic heterocycles. The van der Waals surface area contributed by atoms with E-state index in [1.54, 1.807) is 24.3 Å². The lowest BCUT2D eigenvalue weighted by Gasteiger charge is -2.28. The lowest BCUT2D eigenvalue weighted by atomic mass is 9.81. The van der Waals surface area contributed by atoms with E-state index in [4.69, 9.17) is 4.74 Å². The molecular formula is C21H28N2O4. The number of ether oxygens (including phenoxy) is 1. The summed E-state index contributed by atoms with van der Waals surface area (Å²) in [6.07, 6.45) is 7.51. The Hall–Kier alpha value is -2.37. The van der Waals surface area contributed by atoms with E-state index >= 15 is 0 Å². The van der Waals surface area contributed by atoms with Crippen molar-refractivity contribution >= 4 is 23.5 Å². The number of amides is 2. The van der Waals surface area contributed by atoms with Crippen molar-refractivity contribution in [2.75, 3.05) is 12.4 Å². The van der Waals surface area contributed by atoms with Gasteiger partial charge in [-0.25, -0.2) is 4.79 Å². The molecule has 2 saturated carbocycles. The van der Waals surface area contributed by atoms with Crippen LogP contribution in [0.4, 0.5) is 5.69 Å². The summed E-state index contributed by atoms with van der Waals surface area (Å²) in [5.74, 6) is -0.391. The van der Waals surface area contributed by atoms with Gasteiger partial charge in [-0.05, 0) is 56.7 Å². The summed E-state index contributed by atoms with van der Waals surface area (Å²) in [5, 5.41) is 6.06. The Kier molecular flexibility index (Phi) is 6.48. The van der Waals surface area contributed by atoms with Crippen LogP contribution in [0.5, 0.6) is 0 Å². The SMILES string of the molecule is COC(=O)c1cccc(NC(=O)C2CCC(C(=O)NC3CCCC3)CC2)c1. The van der Waals surface area contributed by atoms with E-state index in [1.807, 2.05) is 0 Å². The zero-order valence-electron chi connectivity index (χ0n) is 15.8. The van der Waals surface area contributed by atoms with Gasteiger partial charge in [0.2, 0.25) is 11.8 Å². The monoisotopic (exact) mass is 372 g/mol. The molecule has 0 bridgehead atoms. The van der Waals surface area contributed by atoms with Gasteiger partial charge >= 0.3 is 5.97 Å². The maximum Gasteiger partial charge on any atom is 0.337 e. The van der Waals surface area contributed by atoms with Gasteiger partial charge in [-0.3, -0.25) is 9.59 Å². The lowest BCUT2D eigenvalue weighted by Crippen LogP contribution is -2.39. The van der Waals surface area contributed by atoms with E-state index in [1.165, 1.54) is 20.0 Å². The molecule has 2 fully saturated rings. The normalized spacial score (nSPS) is 22.9. The Morgan fingerprint density at radius 1 is 0.926 bits per heavy atom. The van der Waals surface area contributed by atoms with Gasteiger partial charge in [0, 0.05) is 23.6 Å². The summed E-state index contributed by atoms with van der Waals surface area (Å²) < 4.78 is 4.70. The molecule has 3 rings (SSSR count). The highest BCUT2D eigenvalue weighted by atomic mass is 16.5. The number of esters is 1. The third-order valence-electron chi connectivity index (χ3n) is 5.72. The van der Waals surface area contributed by atoms with Crippen molar-refractivity contribution in [3.05, 3.63) is 29.8 Å². The molecule has 0 atom stereocenters. The fourth-order valence-corrected chi connectivity index (χ4v) is 4.09. The maximum absolute atomic E-state index is 12.5. The minimum Gasteiger partial charge on any atom is -0.465 e. The number of hydrogen-bond acceptors (Lipinski definition) is 4. The van der Waals surface area contributed by atoms with Gasteiger partial charge in [0.05, 0.1) is 12.7 Å². The Balaban J connectivity index is 1.48. The number of carbonyl (C=O) groups excluding carboxylic acids is 3. The van der Waals surface area contributed by atoms with Crippen molar-refractivity contribution in [3.63, 3.8) is 0 Å². The van der Waals surface area contributed by atoms with Gasteiger partial charge in [-0.1, -0.05) is 18.9 Å². The average Bonchev–Trinajstić information content (AvgIpc) is 3.20. The fourth-order valence-electron chi connectivity index (χ4n) is 4.09. The maximum atomic E-state index is 12.5. The molecular weight excluding hydrogens is 344 g/mol. The predicted molar refractivity (Wildman–Crippen MR) is 102 cm³/mol. The van der Waals surface area contributed by atoms with Crippen LogP contribution < -0.4 is 10.6 Å². The van der Waals surface area contributed by atoms with Crippen LogP contribution in [0, 0.1) is 11.8 Å². The molecule has 2 amide bonds. The highest BCUT2D eigenvalue weighted by Crippen LogP contribution is 2.30. The summed E-state index contributed by atoms with van der Waals surface area (Å²) in [5.41, 5.74) is 0.992. The molecule has 0 heterocycles. The van der Waals surface area contributed by atoms with Crippen LogP contribution in [-0.4, -0.2) is 30.9 Å². The molecule has 2 aliphatic rings. The van der Waals surface area contributed by atoms with Crippen molar-refractivity contribution in [2.24, 2.45) is 11.8 Å². The zero-order valence-corrected chi connectivity index (χ0v) is 15.8. The highest BCUT2D eigenvalue weighted by Gasteiger charge is 2.31. The van der Waals surface area contributed by atoms with Crippen LogP contribution in [0.3, 0.4) is 0 Å². The van der Waals surface area contributed by atoms with Gasteiger partial charge in [-0.2, -0.15) is 0 Å². The van der Waals surface area contributed by atoms with E-state index in [0.29, 0.717) is 30.1 Å². The minimum absolute atomic E-state index is 0.0253. The Morgan fingerprint density at radius 3 is 2.19 bits per heavy atom. The first-order chi connectivity index (χ1) is 13.1. The Morgan fingerprint density at radius 2 is 1.56 bits per heavy atom. The third-order valence-corrected chi connectivity index (χ3v) is 5.72. The second kappa shape index (κ2) is 9.02. The number of anilines is 1. The number of nitrogens with one attached hydrogen (secondary N) is 2. The summed E-state index contributed by atoms with van der Waals surface area (Å²) in [6.45, 7) is 0. The van der Waals surface area contributed by atoms with E-state index in [9.17, 15) is 14.4 Å². The van der Waals surface area contributed by atoms with Gasteiger partial charge < -0.3 is 15.4 Å². The molecule has 1 aromatic rings. The molecule has 6 nitrogen and oxygen atoms in total. The third kappa shape index (κ3) is 5.08. The standard InChI is InChI=1S/C21H28N2O4/c1-27-21(26)16-5-4-8-18(13-16)23-20(25)15-11-9-14(10-12-15)19(24)22-17-6-2-3-7-17/h4-5,8,13-15,17H,2-3,6-7,9-12H2,1H3,(H,22,24)(H,23,25). The van der Waals surface area contributed by atoms with Gasteiger partial charge in [0.1, 0.15) is 0 Å². The molecule has 2 aliphatic carbocycles. The van der Waals surface area contributed by atoms with E-state index in [-0.39, 0.29) is 23.7 Å². The van der Waals surface area contributed by atoms with Crippen LogP contribution >= 0.6 is 0 Å². The molecule has 0 saturated heterocycles. The van der Waals surface area contributed by atoms with Crippen molar-refractivity contribution in [1.82, 2.24) is 5.32 Å². The van der Waals surface area contributed by atoms with Crippen LogP contribution in [0.2, 0.25) is 0 Å². The molecule has 1 aromatic carbocycles. The predicted octanol–water partition coefficient (Wildman–Crippen LogP) is 3.28. The summed E-state index contributed by atoms with van der Waals surface area (Å²) in [4.78, 5) is 36.5. The molecule has 0 aliphatic heterocycles. The van der Waals surface area contributed by atoms with Gasteiger partial charge in [0.15, 0.2) is 0 Å². The number of carbonyl (C=O) groups is 3. The van der Waals surface area contributed by atoms with Crippen molar-refractivity contribution in [2.45, 2.75) is 57.4 Å². The first-order valence-electron chi connectivity index (χ1n) is 9.86. The van der Waals surface area contributed by atoms with Crippen molar-refractivity contribution in [1.29, 1.82) is 0 Å². The Bertz CT molecular complexity index is 689. The van der Waals surface area contributed by atoms with Gasteiger partial charge in [-0.15, -0.1) is 0 Å². The van der Waals surface area contributed by atoms with Crippen molar-refractivity contribution in [3.8, 4) is 0 Å². The first-order valence-corrected chi connectivity index (χ1v) is 9.86. The van der Waals surface area contributed by atoms with E-state index in [2.05, 4.69) is 10.6 Å². The summed E-state index contributed by atoms with van der Waals surface area (Å²) >= 11 is 0. The number of hydrogen-bond donors (Lipinski definition) is 2. The Labute approximate surface area is 160 Å². The second-order valence-electron chi connectivity index (χ2n) is 7.60. The summed E-state index contributed by atoms with van der Waals surface area (Å²) in [6, 6.07) is 7.08. The number of rotatable bonds is 5. The van der Waals surface area contributed by atoms with Crippen LogP contribution in [0.25, 0.3) is 0 Å². The molecule has 0 spiro atoms. The summed E-state index contributed by atoms with van der Waals surface area (Å²) in [7, 11) is 1.33. The van der Waals surface area contributed by atoms with Crippen LogP contribution in [0.15, 0.2) is 24.3 Å². The highest BCUT2D eigenvalue weighted by molar-refractivity contribution is 5.95. The molecule has 146 valence electrons. The fraction of sp³-hybridized carbons (Fsp3) is 0.571. The quantitative estimate of drug-likeness (QED) is 0.777. The largest absolute Gasteiger partial charge is 0.465 e. The van der Waals surface area contributed by atoms with E-state index < -0.39 is 5.97 Å². The molecule has 0 unspecified atom stereocenters. The minimum atomic E-state index is -0.431. The average molecular weight is 372 g/mol. The first kappa shape index (κ1) is 19.4. The topological polar surface area (TPSA) is 84.5 Å². The molecule has 0 radical (unpaired) electrons. The smallest absolute Gasteiger partial charge is 0.337 e. The molecule has 6 heteroatoms. The van der Waals surface area contributed by atoms with Crippen LogP contribution in [-0.2, 0) is 14.3 Å². The van der Waals surface area contributed by atoms with Crippen molar-refractivity contribution < 1.29 is 19.1 Å².